The van der Waals surface area contributed by atoms with Crippen LogP contribution in [0.15, 0.2) is 18.2 Å². The monoisotopic (exact) mass is 354 g/mol. The second kappa shape index (κ2) is 7.66. The first-order valence-electron chi connectivity index (χ1n) is 8.73. The SMILES string of the molecule is NCC1(C(=O)N2CCC(Oc3ccc(F)cc3F)CC2)CCOCC1. The summed E-state index contributed by atoms with van der Waals surface area (Å²) < 4.78 is 37.6. The number of hydrogen-bond donors (Lipinski definition) is 1. The van der Waals surface area contributed by atoms with Crippen LogP contribution in [0.3, 0.4) is 0 Å². The first kappa shape index (κ1) is 18.1. The Balaban J connectivity index is 1.57. The van der Waals surface area contributed by atoms with E-state index in [0.29, 0.717) is 58.5 Å². The predicted molar refractivity (Wildman–Crippen MR) is 88.1 cm³/mol. The number of likely N-dealkylation sites (tertiary alicyclic amines) is 1. The van der Waals surface area contributed by atoms with Crippen LogP contribution in [0.2, 0.25) is 0 Å². The molecule has 0 atom stereocenters. The number of carbonyl (C=O) groups excluding carboxylic acids is 1. The van der Waals surface area contributed by atoms with E-state index in [1.54, 1.807) is 0 Å². The summed E-state index contributed by atoms with van der Waals surface area (Å²) in [5.74, 6) is -1.20. The molecule has 5 nitrogen and oxygen atoms in total. The van der Waals surface area contributed by atoms with Crippen molar-refractivity contribution in [2.24, 2.45) is 11.1 Å². The molecule has 1 amide bonds. The van der Waals surface area contributed by atoms with E-state index in [1.165, 1.54) is 12.1 Å². The topological polar surface area (TPSA) is 64.8 Å². The van der Waals surface area contributed by atoms with Gasteiger partial charge in [-0.25, -0.2) is 8.78 Å². The van der Waals surface area contributed by atoms with E-state index >= 15 is 0 Å². The fourth-order valence-corrected chi connectivity index (χ4v) is 3.53. The summed E-state index contributed by atoms with van der Waals surface area (Å²) in [6, 6.07) is 3.28. The van der Waals surface area contributed by atoms with E-state index in [0.717, 1.165) is 6.07 Å². The van der Waals surface area contributed by atoms with Crippen LogP contribution in [-0.4, -0.2) is 49.8 Å². The van der Waals surface area contributed by atoms with Crippen molar-refractivity contribution in [3.63, 3.8) is 0 Å². The van der Waals surface area contributed by atoms with Gasteiger partial charge in [0.25, 0.3) is 0 Å². The summed E-state index contributed by atoms with van der Waals surface area (Å²) in [4.78, 5) is 14.7. The molecule has 1 aromatic rings. The first-order chi connectivity index (χ1) is 12.0. The van der Waals surface area contributed by atoms with Gasteiger partial charge in [0, 0.05) is 51.8 Å². The Bertz CT molecular complexity index is 612. The van der Waals surface area contributed by atoms with Gasteiger partial charge in [-0.1, -0.05) is 0 Å². The van der Waals surface area contributed by atoms with E-state index in [2.05, 4.69) is 0 Å². The Morgan fingerprint density at radius 3 is 2.56 bits per heavy atom. The molecule has 0 spiro atoms. The fraction of sp³-hybridized carbons (Fsp3) is 0.611. The molecule has 2 heterocycles. The van der Waals surface area contributed by atoms with Crippen molar-refractivity contribution in [3.8, 4) is 5.75 Å². The molecule has 0 aromatic heterocycles. The van der Waals surface area contributed by atoms with E-state index in [9.17, 15) is 13.6 Å². The Hall–Kier alpha value is -1.73. The van der Waals surface area contributed by atoms with Crippen molar-refractivity contribution in [2.75, 3.05) is 32.8 Å². The van der Waals surface area contributed by atoms with Gasteiger partial charge in [-0.3, -0.25) is 4.79 Å². The van der Waals surface area contributed by atoms with Gasteiger partial charge in [-0.05, 0) is 25.0 Å². The highest BCUT2D eigenvalue weighted by Crippen LogP contribution is 2.33. The minimum absolute atomic E-state index is 0.0500. The zero-order valence-corrected chi connectivity index (χ0v) is 14.2. The van der Waals surface area contributed by atoms with Crippen LogP contribution in [-0.2, 0) is 9.53 Å². The number of piperidine rings is 1. The van der Waals surface area contributed by atoms with E-state index in [4.69, 9.17) is 15.2 Å². The molecule has 2 fully saturated rings. The largest absolute Gasteiger partial charge is 0.487 e. The molecule has 7 heteroatoms. The second-order valence-corrected chi connectivity index (χ2v) is 6.78. The zero-order valence-electron chi connectivity index (χ0n) is 14.2. The average Bonchev–Trinajstić information content (AvgIpc) is 2.64. The molecule has 2 saturated heterocycles. The minimum atomic E-state index is -0.706. The standard InChI is InChI=1S/C18H24F2N2O3/c19-13-1-2-16(15(20)11-13)25-14-3-7-22(8-4-14)17(23)18(12-21)5-9-24-10-6-18/h1-2,11,14H,3-10,12,21H2. The van der Waals surface area contributed by atoms with Crippen LogP contribution in [0.1, 0.15) is 25.7 Å². The Kier molecular flexibility index (Phi) is 5.54. The molecule has 1 aromatic carbocycles. The average molecular weight is 354 g/mol. The lowest BCUT2D eigenvalue weighted by Crippen LogP contribution is -2.53. The maximum atomic E-state index is 13.7. The smallest absolute Gasteiger partial charge is 0.230 e. The molecule has 0 radical (unpaired) electrons. The van der Waals surface area contributed by atoms with Gasteiger partial charge in [-0.15, -0.1) is 0 Å². The van der Waals surface area contributed by atoms with Gasteiger partial charge < -0.3 is 20.1 Å². The summed E-state index contributed by atoms with van der Waals surface area (Å²) in [7, 11) is 0. The molecule has 138 valence electrons. The number of rotatable bonds is 4. The van der Waals surface area contributed by atoms with Gasteiger partial charge >= 0.3 is 0 Å². The fourth-order valence-electron chi connectivity index (χ4n) is 3.53. The normalized spacial score (nSPS) is 21.2. The number of carbonyl (C=O) groups is 1. The summed E-state index contributed by atoms with van der Waals surface area (Å²) in [6.45, 7) is 2.55. The van der Waals surface area contributed by atoms with Gasteiger partial charge in [0.15, 0.2) is 11.6 Å². The third-order valence-electron chi connectivity index (χ3n) is 5.21. The molecular formula is C18H24F2N2O3. The molecule has 0 unspecified atom stereocenters. The number of amides is 1. The number of nitrogens with two attached hydrogens (primary N) is 1. The van der Waals surface area contributed by atoms with Crippen molar-refractivity contribution >= 4 is 5.91 Å². The highest BCUT2D eigenvalue weighted by atomic mass is 19.1. The Morgan fingerprint density at radius 1 is 1.28 bits per heavy atom. The zero-order chi connectivity index (χ0) is 17.9. The molecule has 0 bridgehead atoms. The Morgan fingerprint density at radius 2 is 1.96 bits per heavy atom. The van der Waals surface area contributed by atoms with Crippen LogP contribution in [0, 0.1) is 17.0 Å². The molecule has 3 rings (SSSR count). The van der Waals surface area contributed by atoms with Gasteiger partial charge in [0.05, 0.1) is 5.41 Å². The van der Waals surface area contributed by atoms with Crippen LogP contribution in [0.4, 0.5) is 8.78 Å². The second-order valence-electron chi connectivity index (χ2n) is 6.78. The van der Waals surface area contributed by atoms with Crippen molar-refractivity contribution in [2.45, 2.75) is 31.8 Å². The molecule has 2 N–H and O–H groups in total. The van der Waals surface area contributed by atoms with Gasteiger partial charge in [-0.2, -0.15) is 0 Å². The molecule has 25 heavy (non-hydrogen) atoms. The van der Waals surface area contributed by atoms with Crippen LogP contribution < -0.4 is 10.5 Å². The van der Waals surface area contributed by atoms with E-state index < -0.39 is 17.0 Å². The highest BCUT2D eigenvalue weighted by molar-refractivity contribution is 5.83. The van der Waals surface area contributed by atoms with Crippen molar-refractivity contribution in [1.82, 2.24) is 4.90 Å². The lowest BCUT2D eigenvalue weighted by molar-refractivity contribution is -0.149. The molecule has 0 aliphatic carbocycles. The molecular weight excluding hydrogens is 330 g/mol. The van der Waals surface area contributed by atoms with Crippen LogP contribution >= 0.6 is 0 Å². The number of halogens is 2. The summed E-state index contributed by atoms with van der Waals surface area (Å²) >= 11 is 0. The summed E-state index contributed by atoms with van der Waals surface area (Å²) in [6.07, 6.45) is 2.34. The summed E-state index contributed by atoms with van der Waals surface area (Å²) in [5, 5.41) is 0. The van der Waals surface area contributed by atoms with Gasteiger partial charge in [0.1, 0.15) is 11.9 Å². The lowest BCUT2D eigenvalue weighted by Gasteiger charge is -2.41. The predicted octanol–water partition coefficient (Wildman–Crippen LogP) is 2.09. The van der Waals surface area contributed by atoms with Crippen LogP contribution in [0.5, 0.6) is 5.75 Å². The number of benzene rings is 1. The quantitative estimate of drug-likeness (QED) is 0.899. The third-order valence-corrected chi connectivity index (χ3v) is 5.21. The van der Waals surface area contributed by atoms with Crippen LogP contribution in [0.25, 0.3) is 0 Å². The van der Waals surface area contributed by atoms with Crippen molar-refractivity contribution in [3.05, 3.63) is 29.8 Å². The maximum Gasteiger partial charge on any atom is 0.230 e. The van der Waals surface area contributed by atoms with Crippen molar-refractivity contribution < 1.29 is 23.0 Å². The molecule has 2 aliphatic rings. The van der Waals surface area contributed by atoms with E-state index in [1.807, 2.05) is 4.90 Å². The highest BCUT2D eigenvalue weighted by Gasteiger charge is 2.42. The number of hydrogen-bond acceptors (Lipinski definition) is 4. The first-order valence-corrected chi connectivity index (χ1v) is 8.73. The maximum absolute atomic E-state index is 13.7. The third kappa shape index (κ3) is 3.93. The molecule has 2 aliphatic heterocycles. The Labute approximate surface area is 146 Å². The minimum Gasteiger partial charge on any atom is -0.487 e. The van der Waals surface area contributed by atoms with Gasteiger partial charge in [0.2, 0.25) is 5.91 Å². The number of ether oxygens (including phenoxy) is 2. The van der Waals surface area contributed by atoms with E-state index in [-0.39, 0.29) is 17.8 Å². The molecule has 0 saturated carbocycles. The summed E-state index contributed by atoms with van der Waals surface area (Å²) in [5.41, 5.74) is 5.39. The lowest BCUT2D eigenvalue weighted by atomic mass is 9.78. The van der Waals surface area contributed by atoms with Crippen molar-refractivity contribution in [1.29, 1.82) is 0 Å². The number of nitrogens with zero attached hydrogens (tertiary/aromatic N) is 1.